The van der Waals surface area contributed by atoms with Gasteiger partial charge in [0.25, 0.3) is 0 Å². The van der Waals surface area contributed by atoms with Gasteiger partial charge in [-0.3, -0.25) is 4.79 Å². The Balaban J connectivity index is 2.53. The van der Waals surface area contributed by atoms with Gasteiger partial charge in [-0.15, -0.1) is 0 Å². The molecule has 1 amide bonds. The SMILES string of the molecule is CC(NCC(=O)NC(C)(C)C)c1ccc(F)c(Cl)c1. The standard InChI is InChI=1S/C14H20ClFN2O/c1-9(10-5-6-12(16)11(15)7-10)17-8-13(19)18-14(2,3)4/h5-7,9,17H,8H2,1-4H3,(H,18,19). The van der Waals surface area contributed by atoms with Crippen LogP contribution in [0, 0.1) is 5.82 Å². The zero-order chi connectivity index (χ0) is 14.6. The lowest BCUT2D eigenvalue weighted by atomic mass is 10.1. The second-order valence-electron chi connectivity index (χ2n) is 5.57. The van der Waals surface area contributed by atoms with Gasteiger partial charge in [0, 0.05) is 11.6 Å². The van der Waals surface area contributed by atoms with Crippen molar-refractivity contribution in [3.63, 3.8) is 0 Å². The molecule has 106 valence electrons. The number of hydrogen-bond acceptors (Lipinski definition) is 2. The third-order valence-electron chi connectivity index (χ3n) is 2.53. The van der Waals surface area contributed by atoms with Gasteiger partial charge in [-0.25, -0.2) is 4.39 Å². The molecule has 1 atom stereocenters. The third-order valence-corrected chi connectivity index (χ3v) is 2.82. The summed E-state index contributed by atoms with van der Waals surface area (Å²) in [6.45, 7) is 7.87. The zero-order valence-corrected chi connectivity index (χ0v) is 12.4. The number of amides is 1. The number of nitrogens with one attached hydrogen (secondary N) is 2. The summed E-state index contributed by atoms with van der Waals surface area (Å²) < 4.78 is 13.0. The highest BCUT2D eigenvalue weighted by atomic mass is 35.5. The molecule has 19 heavy (non-hydrogen) atoms. The summed E-state index contributed by atoms with van der Waals surface area (Å²) in [4.78, 5) is 11.7. The minimum atomic E-state index is -0.442. The Bertz CT molecular complexity index is 457. The summed E-state index contributed by atoms with van der Waals surface area (Å²) in [7, 11) is 0. The quantitative estimate of drug-likeness (QED) is 0.893. The second kappa shape index (κ2) is 6.35. The molecule has 0 aliphatic rings. The van der Waals surface area contributed by atoms with Crippen LogP contribution >= 0.6 is 11.6 Å². The van der Waals surface area contributed by atoms with Gasteiger partial charge in [0.05, 0.1) is 11.6 Å². The van der Waals surface area contributed by atoms with Crippen LogP contribution in [-0.2, 0) is 4.79 Å². The first-order valence-corrected chi connectivity index (χ1v) is 6.56. The Kier molecular flexibility index (Phi) is 5.32. The molecule has 0 bridgehead atoms. The van der Waals surface area contributed by atoms with Crippen molar-refractivity contribution >= 4 is 17.5 Å². The van der Waals surface area contributed by atoms with E-state index in [0.717, 1.165) is 5.56 Å². The molecule has 3 nitrogen and oxygen atoms in total. The van der Waals surface area contributed by atoms with Crippen molar-refractivity contribution in [1.29, 1.82) is 0 Å². The summed E-state index contributed by atoms with van der Waals surface area (Å²) in [5, 5.41) is 6.02. The van der Waals surface area contributed by atoms with Gasteiger partial charge in [-0.1, -0.05) is 17.7 Å². The molecule has 0 saturated heterocycles. The van der Waals surface area contributed by atoms with Crippen molar-refractivity contribution < 1.29 is 9.18 Å². The highest BCUT2D eigenvalue weighted by Crippen LogP contribution is 2.20. The van der Waals surface area contributed by atoms with Gasteiger partial charge in [0.1, 0.15) is 5.82 Å². The molecule has 0 radical (unpaired) electrons. The van der Waals surface area contributed by atoms with Crippen LogP contribution in [0.4, 0.5) is 4.39 Å². The Morgan fingerprint density at radius 1 is 1.42 bits per heavy atom. The molecular formula is C14H20ClFN2O. The lowest BCUT2D eigenvalue weighted by Gasteiger charge is -2.21. The fraction of sp³-hybridized carbons (Fsp3) is 0.500. The van der Waals surface area contributed by atoms with E-state index in [-0.39, 0.29) is 29.1 Å². The van der Waals surface area contributed by atoms with Crippen molar-refractivity contribution in [2.75, 3.05) is 6.54 Å². The average Bonchev–Trinajstić information content (AvgIpc) is 2.27. The maximum Gasteiger partial charge on any atom is 0.234 e. The molecule has 0 aliphatic carbocycles. The predicted octanol–water partition coefficient (Wildman–Crippen LogP) is 3.04. The van der Waals surface area contributed by atoms with E-state index < -0.39 is 5.82 Å². The highest BCUT2D eigenvalue weighted by Gasteiger charge is 2.15. The molecule has 5 heteroatoms. The summed E-state index contributed by atoms with van der Waals surface area (Å²) in [5.41, 5.74) is 0.594. The fourth-order valence-corrected chi connectivity index (χ4v) is 1.80. The van der Waals surface area contributed by atoms with Crippen LogP contribution in [-0.4, -0.2) is 18.0 Å². The Labute approximate surface area is 118 Å². The van der Waals surface area contributed by atoms with E-state index in [1.165, 1.54) is 6.07 Å². The largest absolute Gasteiger partial charge is 0.350 e. The maximum atomic E-state index is 13.0. The van der Waals surface area contributed by atoms with Crippen molar-refractivity contribution in [2.24, 2.45) is 0 Å². The van der Waals surface area contributed by atoms with Gasteiger partial charge in [-0.05, 0) is 45.4 Å². The zero-order valence-electron chi connectivity index (χ0n) is 11.7. The Morgan fingerprint density at radius 3 is 2.58 bits per heavy atom. The van der Waals surface area contributed by atoms with E-state index in [1.807, 2.05) is 27.7 Å². The topological polar surface area (TPSA) is 41.1 Å². The first kappa shape index (κ1) is 15.9. The summed E-state index contributed by atoms with van der Waals surface area (Å²) in [6, 6.07) is 4.46. The number of carbonyl (C=O) groups excluding carboxylic acids is 1. The van der Waals surface area contributed by atoms with Crippen LogP contribution < -0.4 is 10.6 Å². The molecule has 1 rings (SSSR count). The van der Waals surface area contributed by atoms with Gasteiger partial charge in [-0.2, -0.15) is 0 Å². The van der Waals surface area contributed by atoms with Crippen molar-refractivity contribution in [1.82, 2.24) is 10.6 Å². The van der Waals surface area contributed by atoms with E-state index in [0.29, 0.717) is 0 Å². The Hall–Kier alpha value is -1.13. The normalized spacial score (nSPS) is 13.2. The first-order valence-electron chi connectivity index (χ1n) is 6.18. The van der Waals surface area contributed by atoms with Gasteiger partial charge in [0.15, 0.2) is 0 Å². The fourth-order valence-electron chi connectivity index (χ4n) is 1.61. The average molecular weight is 287 g/mol. The highest BCUT2D eigenvalue weighted by molar-refractivity contribution is 6.30. The predicted molar refractivity (Wildman–Crippen MR) is 75.7 cm³/mol. The monoisotopic (exact) mass is 286 g/mol. The number of rotatable bonds is 4. The van der Waals surface area contributed by atoms with Crippen LogP contribution in [0.5, 0.6) is 0 Å². The van der Waals surface area contributed by atoms with E-state index in [4.69, 9.17) is 11.6 Å². The van der Waals surface area contributed by atoms with Gasteiger partial charge in [0.2, 0.25) is 5.91 Å². The second-order valence-corrected chi connectivity index (χ2v) is 5.98. The molecule has 0 aliphatic heterocycles. The molecule has 1 unspecified atom stereocenters. The van der Waals surface area contributed by atoms with E-state index in [1.54, 1.807) is 12.1 Å². The summed E-state index contributed by atoms with van der Waals surface area (Å²) in [5.74, 6) is -0.518. The first-order chi connectivity index (χ1) is 8.69. The maximum absolute atomic E-state index is 13.0. The molecule has 2 N–H and O–H groups in total. The molecule has 0 aromatic heterocycles. The number of carbonyl (C=O) groups is 1. The van der Waals surface area contributed by atoms with Crippen LogP contribution in [0.1, 0.15) is 39.3 Å². The van der Waals surface area contributed by atoms with Crippen LogP contribution in [0.25, 0.3) is 0 Å². The van der Waals surface area contributed by atoms with E-state index in [9.17, 15) is 9.18 Å². The minimum absolute atomic E-state index is 0.0763. The Morgan fingerprint density at radius 2 is 2.05 bits per heavy atom. The molecule has 1 aromatic rings. The minimum Gasteiger partial charge on any atom is -0.350 e. The van der Waals surface area contributed by atoms with Gasteiger partial charge < -0.3 is 10.6 Å². The molecule has 0 saturated carbocycles. The van der Waals surface area contributed by atoms with Gasteiger partial charge >= 0.3 is 0 Å². The van der Waals surface area contributed by atoms with Crippen LogP contribution in [0.3, 0.4) is 0 Å². The van der Waals surface area contributed by atoms with Crippen LogP contribution in [0.15, 0.2) is 18.2 Å². The molecular weight excluding hydrogens is 267 g/mol. The summed E-state index contributed by atoms with van der Waals surface area (Å²) in [6.07, 6.45) is 0. The summed E-state index contributed by atoms with van der Waals surface area (Å²) >= 11 is 5.73. The molecule has 1 aromatic carbocycles. The van der Waals surface area contributed by atoms with E-state index in [2.05, 4.69) is 10.6 Å². The lowest BCUT2D eigenvalue weighted by Crippen LogP contribution is -2.45. The molecule has 0 heterocycles. The van der Waals surface area contributed by atoms with E-state index >= 15 is 0 Å². The lowest BCUT2D eigenvalue weighted by molar-refractivity contribution is -0.121. The smallest absolute Gasteiger partial charge is 0.234 e. The number of halogens is 2. The van der Waals surface area contributed by atoms with Crippen LogP contribution in [0.2, 0.25) is 5.02 Å². The third kappa shape index (κ3) is 5.57. The molecule has 0 spiro atoms. The molecule has 0 fully saturated rings. The van der Waals surface area contributed by atoms with Crippen molar-refractivity contribution in [3.05, 3.63) is 34.6 Å². The number of hydrogen-bond donors (Lipinski definition) is 2. The van der Waals surface area contributed by atoms with Crippen molar-refractivity contribution in [3.8, 4) is 0 Å². The van der Waals surface area contributed by atoms with Crippen molar-refractivity contribution in [2.45, 2.75) is 39.3 Å². The number of benzene rings is 1.